The molecule has 0 N–H and O–H groups in total. The average Bonchev–Trinajstić information content (AvgIpc) is 3.72. The maximum absolute atomic E-state index is 5.39. The number of benzene rings is 11. The van der Waals surface area contributed by atoms with E-state index in [1.165, 1.54) is 48.5 Å². The zero-order valence-corrected chi connectivity index (χ0v) is 36.2. The van der Waals surface area contributed by atoms with Crippen molar-refractivity contribution in [1.82, 2.24) is 19.5 Å². The summed E-state index contributed by atoms with van der Waals surface area (Å²) in [4.78, 5) is 15.9. The molecule has 3 aromatic heterocycles. The van der Waals surface area contributed by atoms with Gasteiger partial charge in [0.05, 0.1) is 33.5 Å². The Balaban J connectivity index is 0.903. The van der Waals surface area contributed by atoms with Crippen LogP contribution in [0.5, 0.6) is 0 Å². The maximum atomic E-state index is 5.39. The molecular weight excluding hydrogens is 813 g/mol. The van der Waals surface area contributed by atoms with Crippen LogP contribution in [0, 0.1) is 0 Å². The molecule has 11 aromatic carbocycles. The number of hydrogen-bond donors (Lipinski definition) is 0. The van der Waals surface area contributed by atoms with E-state index in [0.717, 1.165) is 83.1 Å². The lowest BCUT2D eigenvalue weighted by atomic mass is 9.92. The number of pyridine rings is 1. The summed E-state index contributed by atoms with van der Waals surface area (Å²) in [6.45, 7) is 0. The van der Waals surface area contributed by atoms with Crippen molar-refractivity contribution in [3.8, 4) is 50.7 Å². The standard InChI is InChI=1S/C63H38N4/c1-3-15-40(16-4-1)61-51-24-12-11-23-49(51)54-38-60-56(37-58(54)64-61)55-35-42(32-34-59(55)67(60)44-17-5-2-6-18-44)39-27-29-41(30-28-39)63-65-57-26-14-13-25-52(57)62(66-63)43-31-33-50-47-21-8-7-19-45(47)46-20-9-10-22-48(46)53(50)36-43/h1-38H. The smallest absolute Gasteiger partial charge is 0.160 e. The summed E-state index contributed by atoms with van der Waals surface area (Å²) >= 11 is 0. The second-order valence-electron chi connectivity index (χ2n) is 17.5. The van der Waals surface area contributed by atoms with Crippen molar-refractivity contribution >= 4 is 86.7 Å². The zero-order valence-electron chi connectivity index (χ0n) is 36.2. The van der Waals surface area contributed by atoms with Crippen LogP contribution in [0.1, 0.15) is 0 Å². The van der Waals surface area contributed by atoms with Crippen molar-refractivity contribution < 1.29 is 0 Å². The minimum Gasteiger partial charge on any atom is -0.309 e. The van der Waals surface area contributed by atoms with Gasteiger partial charge in [-0.2, -0.15) is 0 Å². The minimum absolute atomic E-state index is 0.701. The first-order valence-corrected chi connectivity index (χ1v) is 22.8. The molecule has 0 aliphatic rings. The van der Waals surface area contributed by atoms with E-state index in [2.05, 4.69) is 235 Å². The molecule has 0 amide bonds. The molecule has 0 aliphatic carbocycles. The molecule has 0 fully saturated rings. The second kappa shape index (κ2) is 14.8. The molecule has 0 unspecified atom stereocenters. The first-order chi connectivity index (χ1) is 33.2. The van der Waals surface area contributed by atoms with E-state index in [-0.39, 0.29) is 0 Å². The van der Waals surface area contributed by atoms with Crippen LogP contribution in [0.2, 0.25) is 0 Å². The first kappa shape index (κ1) is 37.4. The third kappa shape index (κ3) is 5.90. The largest absolute Gasteiger partial charge is 0.309 e. The van der Waals surface area contributed by atoms with Gasteiger partial charge in [-0.25, -0.2) is 15.0 Å². The maximum Gasteiger partial charge on any atom is 0.160 e. The summed E-state index contributed by atoms with van der Waals surface area (Å²) in [6.07, 6.45) is 0. The third-order valence-electron chi connectivity index (χ3n) is 13.7. The highest BCUT2D eigenvalue weighted by Crippen LogP contribution is 2.42. The van der Waals surface area contributed by atoms with Gasteiger partial charge in [-0.15, -0.1) is 0 Å². The fraction of sp³-hybridized carbons (Fsp3) is 0. The van der Waals surface area contributed by atoms with Crippen molar-refractivity contribution in [3.05, 3.63) is 231 Å². The highest BCUT2D eigenvalue weighted by molar-refractivity contribution is 6.26. The number of aromatic nitrogens is 4. The zero-order chi connectivity index (χ0) is 44.0. The number of hydrogen-bond acceptors (Lipinski definition) is 3. The van der Waals surface area contributed by atoms with Crippen molar-refractivity contribution in [3.63, 3.8) is 0 Å². The van der Waals surface area contributed by atoms with Gasteiger partial charge in [-0.1, -0.05) is 182 Å². The lowest BCUT2D eigenvalue weighted by molar-refractivity contribution is 1.18. The molecule has 0 radical (unpaired) electrons. The molecule has 310 valence electrons. The highest BCUT2D eigenvalue weighted by Gasteiger charge is 2.19. The Hall–Kier alpha value is -8.99. The predicted molar refractivity (Wildman–Crippen MR) is 281 cm³/mol. The van der Waals surface area contributed by atoms with Crippen molar-refractivity contribution in [2.45, 2.75) is 0 Å². The van der Waals surface area contributed by atoms with Gasteiger partial charge in [0.25, 0.3) is 0 Å². The van der Waals surface area contributed by atoms with Gasteiger partial charge in [0.2, 0.25) is 0 Å². The van der Waals surface area contributed by atoms with Gasteiger partial charge in [0, 0.05) is 49.3 Å². The monoisotopic (exact) mass is 850 g/mol. The van der Waals surface area contributed by atoms with E-state index in [1.807, 2.05) is 0 Å². The molecule has 0 saturated carbocycles. The number of rotatable bonds is 5. The average molecular weight is 851 g/mol. The normalized spacial score (nSPS) is 11.9. The van der Waals surface area contributed by atoms with Gasteiger partial charge in [-0.3, -0.25) is 0 Å². The lowest BCUT2D eigenvalue weighted by Crippen LogP contribution is -1.95. The molecule has 0 atom stereocenters. The first-order valence-electron chi connectivity index (χ1n) is 22.8. The summed E-state index contributed by atoms with van der Waals surface area (Å²) in [5.41, 5.74) is 12.6. The van der Waals surface area contributed by atoms with Gasteiger partial charge >= 0.3 is 0 Å². The van der Waals surface area contributed by atoms with Crippen LogP contribution in [-0.2, 0) is 0 Å². The minimum atomic E-state index is 0.701. The van der Waals surface area contributed by atoms with E-state index in [4.69, 9.17) is 15.0 Å². The van der Waals surface area contributed by atoms with Crippen LogP contribution < -0.4 is 0 Å². The highest BCUT2D eigenvalue weighted by atomic mass is 15.0. The van der Waals surface area contributed by atoms with E-state index in [9.17, 15) is 0 Å². The molecular formula is C63H38N4. The summed E-state index contributed by atoms with van der Waals surface area (Å²) in [5.74, 6) is 0.701. The molecule has 14 aromatic rings. The molecule has 0 aliphatic heterocycles. The van der Waals surface area contributed by atoms with Gasteiger partial charge in [-0.05, 0) is 97.4 Å². The number of fused-ring (bicyclic) bond motifs is 13. The topological polar surface area (TPSA) is 43.6 Å². The van der Waals surface area contributed by atoms with E-state index >= 15 is 0 Å². The molecule has 0 saturated heterocycles. The molecule has 0 spiro atoms. The van der Waals surface area contributed by atoms with Crippen LogP contribution in [0.15, 0.2) is 231 Å². The van der Waals surface area contributed by atoms with Crippen molar-refractivity contribution in [1.29, 1.82) is 0 Å². The van der Waals surface area contributed by atoms with Crippen molar-refractivity contribution in [2.24, 2.45) is 0 Å². The third-order valence-corrected chi connectivity index (χ3v) is 13.7. The van der Waals surface area contributed by atoms with Crippen LogP contribution in [0.25, 0.3) is 137 Å². The number of para-hydroxylation sites is 2. The summed E-state index contributed by atoms with van der Waals surface area (Å²) < 4.78 is 2.39. The lowest BCUT2D eigenvalue weighted by Gasteiger charge is -2.13. The fourth-order valence-corrected chi connectivity index (χ4v) is 10.6. The van der Waals surface area contributed by atoms with Gasteiger partial charge in [0.1, 0.15) is 0 Å². The van der Waals surface area contributed by atoms with Crippen LogP contribution in [0.4, 0.5) is 0 Å². The summed E-state index contributed by atoms with van der Waals surface area (Å²) in [7, 11) is 0. The Morgan fingerprint density at radius 1 is 0.239 bits per heavy atom. The van der Waals surface area contributed by atoms with E-state index in [1.54, 1.807) is 0 Å². The van der Waals surface area contributed by atoms with Crippen molar-refractivity contribution in [2.75, 3.05) is 0 Å². The van der Waals surface area contributed by atoms with E-state index < -0.39 is 0 Å². The Morgan fingerprint density at radius 3 is 1.46 bits per heavy atom. The predicted octanol–water partition coefficient (Wildman–Crippen LogP) is 16.6. The Labute approximate surface area is 385 Å². The second-order valence-corrected chi connectivity index (χ2v) is 17.5. The fourth-order valence-electron chi connectivity index (χ4n) is 10.6. The van der Waals surface area contributed by atoms with Gasteiger partial charge < -0.3 is 4.57 Å². The van der Waals surface area contributed by atoms with Gasteiger partial charge in [0.15, 0.2) is 5.82 Å². The summed E-state index contributed by atoms with van der Waals surface area (Å²) in [5, 5.41) is 14.3. The van der Waals surface area contributed by atoms with E-state index in [0.29, 0.717) is 5.82 Å². The Morgan fingerprint density at radius 2 is 0.746 bits per heavy atom. The van der Waals surface area contributed by atoms with Crippen LogP contribution >= 0.6 is 0 Å². The molecule has 67 heavy (non-hydrogen) atoms. The Bertz CT molecular complexity index is 4270. The molecule has 4 heteroatoms. The molecule has 4 nitrogen and oxygen atoms in total. The van der Waals surface area contributed by atoms with Crippen LogP contribution in [-0.4, -0.2) is 19.5 Å². The molecule has 14 rings (SSSR count). The SMILES string of the molecule is c1ccc(-c2nc3cc4c5cc(-c6ccc(-c7nc(-c8ccc9c%10ccccc%10c%10ccccc%10c9c8)c8ccccc8n7)cc6)ccc5n(-c5ccccc5)c4cc3c3ccccc23)cc1. The summed E-state index contributed by atoms with van der Waals surface area (Å²) in [6, 6.07) is 82.7. The molecule has 3 heterocycles. The quantitative estimate of drug-likeness (QED) is 0.162. The number of nitrogens with zero attached hydrogens (tertiary/aromatic N) is 4. The van der Waals surface area contributed by atoms with Crippen LogP contribution in [0.3, 0.4) is 0 Å². The Kier molecular flexibility index (Phi) is 8.25. The molecule has 0 bridgehead atoms.